The molecule has 0 bridgehead atoms. The average molecular weight is 380 g/mol. The summed E-state index contributed by atoms with van der Waals surface area (Å²) in [5.41, 5.74) is 6.23. The number of nitrogens with zero attached hydrogens (tertiary/aromatic N) is 1. The molecule has 1 unspecified atom stereocenters. The number of hydrogen-bond donors (Lipinski definition) is 0. The minimum absolute atomic E-state index is 0.330. The third kappa shape index (κ3) is 3.56. The Balaban J connectivity index is 1.67. The topological polar surface area (TPSA) is 12.4 Å². The number of aliphatic imine (C=N–C) groups is 1. The van der Waals surface area contributed by atoms with Crippen molar-refractivity contribution >= 4 is 28.9 Å². The zero-order valence-electron chi connectivity index (χ0n) is 14.3. The summed E-state index contributed by atoms with van der Waals surface area (Å²) in [5, 5.41) is 1.22. The van der Waals surface area contributed by atoms with Crippen LogP contribution in [0.5, 0.6) is 0 Å². The predicted octanol–water partition coefficient (Wildman–Crippen LogP) is 6.91. The highest BCUT2D eigenvalue weighted by Crippen LogP contribution is 2.38. The Hall–Kier alpha value is -2.09. The van der Waals surface area contributed by atoms with Crippen LogP contribution < -0.4 is 0 Å². The first-order valence-electron chi connectivity index (χ1n) is 8.84. The largest absolute Gasteiger partial charge is 0.284 e. The van der Waals surface area contributed by atoms with E-state index in [-0.39, 0.29) is 0 Å². The quantitative estimate of drug-likeness (QED) is 0.468. The van der Waals surface area contributed by atoms with Crippen molar-refractivity contribution in [1.82, 2.24) is 0 Å². The normalized spacial score (nSPS) is 17.9. The molecule has 130 valence electrons. The second kappa shape index (κ2) is 7.65. The van der Waals surface area contributed by atoms with Gasteiger partial charge in [0.2, 0.25) is 0 Å². The maximum atomic E-state index is 6.25. The molecule has 1 aliphatic carbocycles. The van der Waals surface area contributed by atoms with Gasteiger partial charge in [0.15, 0.2) is 0 Å². The summed E-state index contributed by atoms with van der Waals surface area (Å²) in [5.74, 6) is 0.330. The molecular weight excluding hydrogens is 361 g/mol. The Bertz CT molecular complexity index is 947. The molecule has 0 fully saturated rings. The lowest BCUT2D eigenvalue weighted by atomic mass is 9.78. The first-order chi connectivity index (χ1) is 12.7. The van der Waals surface area contributed by atoms with Crippen LogP contribution in [0.1, 0.15) is 41.0 Å². The summed E-state index contributed by atoms with van der Waals surface area (Å²) in [4.78, 5) is 4.92. The maximum absolute atomic E-state index is 6.25. The molecule has 0 saturated heterocycles. The van der Waals surface area contributed by atoms with E-state index < -0.39 is 0 Å². The fraction of sp³-hybridized carbons (Fsp3) is 0.174. The van der Waals surface area contributed by atoms with Gasteiger partial charge in [-0.25, -0.2) is 0 Å². The zero-order chi connectivity index (χ0) is 17.9. The van der Waals surface area contributed by atoms with E-state index in [1.54, 1.807) is 0 Å². The van der Waals surface area contributed by atoms with Gasteiger partial charge in [0.1, 0.15) is 0 Å². The molecule has 0 radical (unpaired) electrons. The van der Waals surface area contributed by atoms with Gasteiger partial charge in [-0.2, -0.15) is 0 Å². The lowest BCUT2D eigenvalue weighted by Gasteiger charge is -2.27. The molecule has 3 aromatic carbocycles. The highest BCUT2D eigenvalue weighted by molar-refractivity contribution is 6.42. The van der Waals surface area contributed by atoms with Gasteiger partial charge < -0.3 is 0 Å². The Kier molecular flexibility index (Phi) is 5.10. The van der Waals surface area contributed by atoms with E-state index in [1.807, 2.05) is 18.2 Å². The van der Waals surface area contributed by atoms with E-state index in [9.17, 15) is 0 Å². The van der Waals surface area contributed by atoms with Crippen molar-refractivity contribution in [1.29, 1.82) is 0 Å². The summed E-state index contributed by atoms with van der Waals surface area (Å²) in [6.45, 7) is 0.724. The van der Waals surface area contributed by atoms with E-state index in [0.29, 0.717) is 16.0 Å². The molecule has 0 aliphatic heterocycles. The SMILES string of the molecule is Clc1ccc(C2CC/C(=N\Cc3ccccc3)c3ccccc32)cc1Cl. The number of fused-ring (bicyclic) bond motifs is 1. The second-order valence-electron chi connectivity index (χ2n) is 6.60. The van der Waals surface area contributed by atoms with Crippen LogP contribution in [-0.4, -0.2) is 5.71 Å². The molecule has 1 atom stereocenters. The van der Waals surface area contributed by atoms with Crippen LogP contribution in [0.3, 0.4) is 0 Å². The number of halogens is 2. The summed E-state index contributed by atoms with van der Waals surface area (Å²) < 4.78 is 0. The number of hydrogen-bond acceptors (Lipinski definition) is 1. The van der Waals surface area contributed by atoms with E-state index >= 15 is 0 Å². The lowest BCUT2D eigenvalue weighted by molar-refractivity contribution is 0.720. The molecule has 0 spiro atoms. The van der Waals surface area contributed by atoms with E-state index in [2.05, 4.69) is 54.6 Å². The van der Waals surface area contributed by atoms with Crippen molar-refractivity contribution in [2.24, 2.45) is 4.99 Å². The third-order valence-electron chi connectivity index (χ3n) is 4.96. The number of rotatable bonds is 3. The first-order valence-corrected chi connectivity index (χ1v) is 9.59. The lowest BCUT2D eigenvalue weighted by Crippen LogP contribution is -2.17. The minimum Gasteiger partial charge on any atom is -0.284 e. The fourth-order valence-corrected chi connectivity index (χ4v) is 3.95. The van der Waals surface area contributed by atoms with E-state index in [4.69, 9.17) is 28.2 Å². The third-order valence-corrected chi connectivity index (χ3v) is 5.70. The van der Waals surface area contributed by atoms with Gasteiger partial charge in [-0.1, -0.05) is 83.9 Å². The Morgan fingerprint density at radius 1 is 0.846 bits per heavy atom. The fourth-order valence-electron chi connectivity index (χ4n) is 3.64. The van der Waals surface area contributed by atoms with Gasteiger partial charge in [0.25, 0.3) is 0 Å². The van der Waals surface area contributed by atoms with Crippen LogP contribution in [-0.2, 0) is 6.54 Å². The second-order valence-corrected chi connectivity index (χ2v) is 7.41. The highest BCUT2D eigenvalue weighted by atomic mass is 35.5. The molecule has 3 heteroatoms. The van der Waals surface area contributed by atoms with Crippen LogP contribution in [0.25, 0.3) is 0 Å². The van der Waals surface area contributed by atoms with Gasteiger partial charge >= 0.3 is 0 Å². The van der Waals surface area contributed by atoms with Gasteiger partial charge in [-0.05, 0) is 47.2 Å². The smallest absolute Gasteiger partial charge is 0.0643 e. The molecule has 1 nitrogen and oxygen atoms in total. The van der Waals surface area contributed by atoms with Crippen LogP contribution in [0.4, 0.5) is 0 Å². The highest BCUT2D eigenvalue weighted by Gasteiger charge is 2.25. The number of benzene rings is 3. The molecule has 26 heavy (non-hydrogen) atoms. The molecule has 0 amide bonds. The summed E-state index contributed by atoms with van der Waals surface area (Å²) in [7, 11) is 0. The van der Waals surface area contributed by atoms with Crippen molar-refractivity contribution in [3.8, 4) is 0 Å². The maximum Gasteiger partial charge on any atom is 0.0643 e. The minimum atomic E-state index is 0.330. The van der Waals surface area contributed by atoms with Gasteiger partial charge in [-0.15, -0.1) is 0 Å². The zero-order valence-corrected chi connectivity index (χ0v) is 15.8. The monoisotopic (exact) mass is 379 g/mol. The van der Waals surface area contributed by atoms with Crippen LogP contribution in [0.15, 0.2) is 77.8 Å². The standard InChI is InChI=1S/C23H19Cl2N/c24-21-12-10-17(14-22(21)25)18-11-13-23(20-9-5-4-8-19(18)20)26-15-16-6-2-1-3-7-16/h1-10,12,14,18H,11,13,15H2/b26-23+. The Morgan fingerprint density at radius 2 is 1.62 bits per heavy atom. The summed E-state index contributed by atoms with van der Waals surface area (Å²) in [6.07, 6.45) is 2.00. The Labute approximate surface area is 164 Å². The molecule has 0 saturated carbocycles. The van der Waals surface area contributed by atoms with Gasteiger partial charge in [0, 0.05) is 11.6 Å². The molecule has 1 aliphatic rings. The van der Waals surface area contributed by atoms with Crippen molar-refractivity contribution in [2.75, 3.05) is 0 Å². The van der Waals surface area contributed by atoms with Crippen molar-refractivity contribution in [3.63, 3.8) is 0 Å². The van der Waals surface area contributed by atoms with Crippen LogP contribution >= 0.6 is 23.2 Å². The predicted molar refractivity (Wildman–Crippen MR) is 111 cm³/mol. The molecule has 3 aromatic rings. The Morgan fingerprint density at radius 3 is 2.42 bits per heavy atom. The summed E-state index contributed by atoms with van der Waals surface area (Å²) in [6, 6.07) is 25.0. The molecule has 0 aromatic heterocycles. The van der Waals surface area contributed by atoms with Crippen molar-refractivity contribution < 1.29 is 0 Å². The van der Waals surface area contributed by atoms with E-state index in [0.717, 1.165) is 19.4 Å². The summed E-state index contributed by atoms with van der Waals surface area (Å²) >= 11 is 12.3. The van der Waals surface area contributed by atoms with E-state index in [1.165, 1.54) is 28.0 Å². The molecule has 0 heterocycles. The van der Waals surface area contributed by atoms with Crippen molar-refractivity contribution in [3.05, 3.63) is 105 Å². The molecular formula is C23H19Cl2N. The van der Waals surface area contributed by atoms with Crippen molar-refractivity contribution in [2.45, 2.75) is 25.3 Å². The van der Waals surface area contributed by atoms with Gasteiger partial charge in [0.05, 0.1) is 16.6 Å². The van der Waals surface area contributed by atoms with Crippen LogP contribution in [0, 0.1) is 0 Å². The first kappa shape index (κ1) is 17.3. The van der Waals surface area contributed by atoms with Gasteiger partial charge in [-0.3, -0.25) is 4.99 Å². The molecule has 0 N–H and O–H groups in total. The molecule has 4 rings (SSSR count). The average Bonchev–Trinajstić information content (AvgIpc) is 2.69. The van der Waals surface area contributed by atoms with Crippen LogP contribution in [0.2, 0.25) is 10.0 Å².